The minimum absolute atomic E-state index is 0.0805. The molecule has 5 aromatic rings. The third-order valence-electron chi connectivity index (χ3n) is 11.7. The van der Waals surface area contributed by atoms with E-state index in [0.29, 0.717) is 72.9 Å². The number of pyridine rings is 1. The first-order valence-electron chi connectivity index (χ1n) is 21.4. The SMILES string of the molecule is CCN(CC)c1ccc(NC(=O)c2cccc(C(=O)N(C)CCN3CCN(C(=O)Oc4ccc([N+](=O)[O-])cc4)CC3)c2)c(-c2cc(C(=O)N[C@H]3CCCc4ccccc43)ccn2)c1. The number of carbonyl (C=O) groups is 4. The summed E-state index contributed by atoms with van der Waals surface area (Å²) >= 11 is 0. The second-order valence-electron chi connectivity index (χ2n) is 15.7. The van der Waals surface area contributed by atoms with Gasteiger partial charge in [-0.05, 0) is 105 Å². The van der Waals surface area contributed by atoms with Gasteiger partial charge < -0.3 is 30.1 Å². The maximum absolute atomic E-state index is 13.9. The van der Waals surface area contributed by atoms with E-state index in [1.165, 1.54) is 29.8 Å². The van der Waals surface area contributed by atoms with E-state index >= 15 is 0 Å². The Bertz CT molecular complexity index is 2470. The predicted octanol–water partition coefficient (Wildman–Crippen LogP) is 7.45. The molecule has 0 unspecified atom stereocenters. The summed E-state index contributed by atoms with van der Waals surface area (Å²) in [6.45, 7) is 8.70. The second-order valence-corrected chi connectivity index (χ2v) is 15.7. The molecule has 1 aromatic heterocycles. The highest BCUT2D eigenvalue weighted by molar-refractivity contribution is 6.08. The smallest absolute Gasteiger partial charge is 0.410 e. The molecule has 0 spiro atoms. The van der Waals surface area contributed by atoms with Crippen molar-refractivity contribution < 1.29 is 28.8 Å². The van der Waals surface area contributed by atoms with Gasteiger partial charge >= 0.3 is 6.09 Å². The molecule has 326 valence electrons. The van der Waals surface area contributed by atoms with Crippen LogP contribution in [0.1, 0.15) is 74.9 Å². The monoisotopic (exact) mass is 852 g/mol. The first kappa shape index (κ1) is 43.9. The van der Waals surface area contributed by atoms with Gasteiger partial charge in [0.05, 0.1) is 22.3 Å². The molecule has 15 nitrogen and oxygen atoms in total. The van der Waals surface area contributed by atoms with Gasteiger partial charge in [0.2, 0.25) is 0 Å². The number of aryl methyl sites for hydroxylation is 1. The lowest BCUT2D eigenvalue weighted by molar-refractivity contribution is -0.384. The zero-order valence-electron chi connectivity index (χ0n) is 35.8. The fourth-order valence-corrected chi connectivity index (χ4v) is 8.06. The molecule has 1 saturated heterocycles. The lowest BCUT2D eigenvalue weighted by Crippen LogP contribution is -2.51. The Kier molecular flexibility index (Phi) is 14.1. The Morgan fingerprint density at radius 1 is 0.841 bits per heavy atom. The van der Waals surface area contributed by atoms with Crippen LogP contribution in [0, 0.1) is 10.1 Å². The number of ether oxygens (including phenoxy) is 1. The highest BCUT2D eigenvalue weighted by Crippen LogP contribution is 2.33. The number of amides is 4. The maximum atomic E-state index is 13.9. The molecule has 0 radical (unpaired) electrons. The van der Waals surface area contributed by atoms with Crippen LogP contribution in [-0.2, 0) is 6.42 Å². The Morgan fingerprint density at radius 3 is 2.32 bits per heavy atom. The molecule has 63 heavy (non-hydrogen) atoms. The van der Waals surface area contributed by atoms with E-state index in [1.807, 2.05) is 30.3 Å². The summed E-state index contributed by atoms with van der Waals surface area (Å²) in [6, 6.07) is 29.4. The highest BCUT2D eigenvalue weighted by atomic mass is 16.6. The van der Waals surface area contributed by atoms with E-state index in [0.717, 1.165) is 43.6 Å². The minimum Gasteiger partial charge on any atom is -0.410 e. The summed E-state index contributed by atoms with van der Waals surface area (Å²) in [5.74, 6) is -0.611. The molecule has 15 heteroatoms. The largest absolute Gasteiger partial charge is 0.415 e. The number of likely N-dealkylation sites (N-methyl/N-ethyl adjacent to an activating group) is 1. The van der Waals surface area contributed by atoms with Crippen molar-refractivity contribution in [3.63, 3.8) is 0 Å². The third kappa shape index (κ3) is 10.7. The number of anilines is 2. The molecule has 1 aliphatic carbocycles. The van der Waals surface area contributed by atoms with Crippen LogP contribution in [-0.4, -0.2) is 108 Å². The van der Waals surface area contributed by atoms with Crippen LogP contribution in [0.2, 0.25) is 0 Å². The zero-order chi connectivity index (χ0) is 44.5. The number of nitro benzene ring substituents is 1. The third-order valence-corrected chi connectivity index (χ3v) is 11.7. The van der Waals surface area contributed by atoms with Crippen LogP contribution in [0.25, 0.3) is 11.3 Å². The standard InChI is InChI=1S/C48H52N8O7/c1-4-54(5-2)38-18-21-43(41(32-38)44-31-35(22-23-49-44)46(58)50-42-15-9-11-33-10-6-7-14-40(33)42)51-45(57)34-12-8-13-36(30-34)47(59)52(3)24-25-53-26-28-55(29-27-53)48(60)63-39-19-16-37(17-20-39)56(61)62/h6-8,10,12-14,16-23,30-32,42H,4-5,9,11,15,24-29H2,1-3H3,(H,50,58)(H,51,57)/t42-/m0/s1. The van der Waals surface area contributed by atoms with Crippen LogP contribution >= 0.6 is 0 Å². The van der Waals surface area contributed by atoms with Crippen LogP contribution in [0.3, 0.4) is 0 Å². The van der Waals surface area contributed by atoms with Gasteiger partial charge in [-0.1, -0.05) is 30.3 Å². The number of hydrogen-bond donors (Lipinski definition) is 2. The van der Waals surface area contributed by atoms with Crippen molar-refractivity contribution in [2.45, 2.75) is 39.2 Å². The van der Waals surface area contributed by atoms with E-state index < -0.39 is 16.9 Å². The molecular formula is C48H52N8O7. The summed E-state index contributed by atoms with van der Waals surface area (Å²) in [5.41, 5.74) is 6.10. The van der Waals surface area contributed by atoms with Crippen molar-refractivity contribution in [1.82, 2.24) is 25.0 Å². The van der Waals surface area contributed by atoms with E-state index in [2.05, 4.69) is 51.4 Å². The number of benzene rings is 4. The van der Waals surface area contributed by atoms with Crippen LogP contribution in [0.4, 0.5) is 21.9 Å². The van der Waals surface area contributed by atoms with Crippen LogP contribution in [0.15, 0.2) is 109 Å². The van der Waals surface area contributed by atoms with Crippen molar-refractivity contribution in [3.05, 3.63) is 147 Å². The number of fused-ring (bicyclic) bond motifs is 1. The number of nitrogens with zero attached hydrogens (tertiary/aromatic N) is 6. The number of non-ortho nitro benzene ring substituents is 1. The van der Waals surface area contributed by atoms with Crippen molar-refractivity contribution >= 4 is 40.9 Å². The molecule has 4 amide bonds. The zero-order valence-corrected chi connectivity index (χ0v) is 35.8. The van der Waals surface area contributed by atoms with E-state index in [-0.39, 0.29) is 29.3 Å². The Balaban J connectivity index is 0.983. The van der Waals surface area contributed by atoms with Gasteiger partial charge in [0, 0.05) is 106 Å². The summed E-state index contributed by atoms with van der Waals surface area (Å²) in [4.78, 5) is 76.5. The van der Waals surface area contributed by atoms with Gasteiger partial charge in [-0.2, -0.15) is 0 Å². The van der Waals surface area contributed by atoms with Gasteiger partial charge in [-0.15, -0.1) is 0 Å². The summed E-state index contributed by atoms with van der Waals surface area (Å²) in [5, 5.41) is 17.2. The molecule has 2 aliphatic rings. The first-order chi connectivity index (χ1) is 30.5. The summed E-state index contributed by atoms with van der Waals surface area (Å²) < 4.78 is 5.40. The summed E-state index contributed by atoms with van der Waals surface area (Å²) in [6.07, 6.45) is 3.94. The highest BCUT2D eigenvalue weighted by Gasteiger charge is 2.25. The van der Waals surface area contributed by atoms with Gasteiger partial charge in [-0.25, -0.2) is 4.79 Å². The quantitative estimate of drug-likeness (QED) is 0.0845. The van der Waals surface area contributed by atoms with Crippen molar-refractivity contribution in [2.24, 2.45) is 0 Å². The average Bonchev–Trinajstić information content (AvgIpc) is 3.31. The van der Waals surface area contributed by atoms with E-state index in [4.69, 9.17) is 4.74 Å². The molecule has 1 fully saturated rings. The normalized spacial score (nSPS) is 14.8. The second kappa shape index (κ2) is 20.2. The summed E-state index contributed by atoms with van der Waals surface area (Å²) in [7, 11) is 1.71. The molecular weight excluding hydrogens is 801 g/mol. The molecule has 0 bridgehead atoms. The lowest BCUT2D eigenvalue weighted by atomic mass is 9.87. The number of rotatable bonds is 14. The Morgan fingerprint density at radius 2 is 1.57 bits per heavy atom. The van der Waals surface area contributed by atoms with Gasteiger partial charge in [0.15, 0.2) is 0 Å². The molecule has 0 saturated carbocycles. The van der Waals surface area contributed by atoms with Crippen molar-refractivity contribution in [1.29, 1.82) is 0 Å². The minimum atomic E-state index is -0.528. The molecule has 1 aliphatic heterocycles. The van der Waals surface area contributed by atoms with E-state index in [1.54, 1.807) is 59.4 Å². The number of nitrogens with one attached hydrogen (secondary N) is 2. The van der Waals surface area contributed by atoms with Gasteiger partial charge in [-0.3, -0.25) is 34.4 Å². The topological polar surface area (TPSA) is 171 Å². The number of nitro groups is 1. The molecule has 4 aromatic carbocycles. The van der Waals surface area contributed by atoms with Gasteiger partial charge in [0.25, 0.3) is 23.4 Å². The lowest BCUT2D eigenvalue weighted by Gasteiger charge is -2.34. The fraction of sp³-hybridized carbons (Fsp3) is 0.312. The predicted molar refractivity (Wildman–Crippen MR) is 241 cm³/mol. The maximum Gasteiger partial charge on any atom is 0.415 e. The van der Waals surface area contributed by atoms with Crippen LogP contribution < -0.4 is 20.3 Å². The Hall–Kier alpha value is -7.13. The van der Waals surface area contributed by atoms with Gasteiger partial charge in [0.1, 0.15) is 5.75 Å². The average molecular weight is 853 g/mol. The number of hydrogen-bond acceptors (Lipinski definition) is 10. The molecule has 2 heterocycles. The number of piperazine rings is 1. The van der Waals surface area contributed by atoms with E-state index in [9.17, 15) is 29.3 Å². The van der Waals surface area contributed by atoms with Crippen molar-refractivity contribution in [2.75, 3.05) is 69.6 Å². The number of carbonyl (C=O) groups excluding carboxylic acids is 4. The number of aromatic nitrogens is 1. The molecule has 1 atom stereocenters. The Labute approximate surface area is 366 Å². The molecule has 7 rings (SSSR count). The fourth-order valence-electron chi connectivity index (χ4n) is 8.06. The first-order valence-corrected chi connectivity index (χ1v) is 21.4. The van der Waals surface area contributed by atoms with Crippen molar-refractivity contribution in [3.8, 4) is 17.0 Å². The van der Waals surface area contributed by atoms with Crippen LogP contribution in [0.5, 0.6) is 5.75 Å². The molecule has 2 N–H and O–H groups in total.